The summed E-state index contributed by atoms with van der Waals surface area (Å²) < 4.78 is 5.54. The van der Waals surface area contributed by atoms with Gasteiger partial charge in [-0.3, -0.25) is 9.78 Å². The third-order valence-electron chi connectivity index (χ3n) is 2.47. The van der Waals surface area contributed by atoms with Crippen LogP contribution in [0.2, 0.25) is 0 Å². The SMILES string of the molecule is CCNCc1ccc(OC(C)C(=O)NC(C)C)cn1. The lowest BCUT2D eigenvalue weighted by molar-refractivity contribution is -0.127. The van der Waals surface area contributed by atoms with Crippen LogP contribution >= 0.6 is 0 Å². The summed E-state index contributed by atoms with van der Waals surface area (Å²) in [5.41, 5.74) is 0.952. The van der Waals surface area contributed by atoms with Gasteiger partial charge in [0.2, 0.25) is 0 Å². The third-order valence-corrected chi connectivity index (χ3v) is 2.47. The van der Waals surface area contributed by atoms with Crippen molar-refractivity contribution in [1.82, 2.24) is 15.6 Å². The molecule has 0 radical (unpaired) electrons. The topological polar surface area (TPSA) is 63.2 Å². The molecular formula is C14H23N3O2. The Balaban J connectivity index is 2.50. The first kappa shape index (κ1) is 15.4. The van der Waals surface area contributed by atoms with Gasteiger partial charge in [0.05, 0.1) is 11.9 Å². The molecule has 0 bridgehead atoms. The molecular weight excluding hydrogens is 242 g/mol. The van der Waals surface area contributed by atoms with Crippen LogP contribution in [0.4, 0.5) is 0 Å². The van der Waals surface area contributed by atoms with Crippen molar-refractivity contribution in [2.24, 2.45) is 0 Å². The fourth-order valence-electron chi connectivity index (χ4n) is 1.50. The van der Waals surface area contributed by atoms with Crippen LogP contribution in [0.3, 0.4) is 0 Å². The molecule has 0 aromatic carbocycles. The number of rotatable bonds is 7. The number of amides is 1. The van der Waals surface area contributed by atoms with Crippen LogP contribution < -0.4 is 15.4 Å². The molecule has 1 atom stereocenters. The summed E-state index contributed by atoms with van der Waals surface area (Å²) in [4.78, 5) is 16.0. The number of nitrogens with one attached hydrogen (secondary N) is 2. The highest BCUT2D eigenvalue weighted by Gasteiger charge is 2.15. The normalized spacial score (nSPS) is 12.3. The zero-order valence-corrected chi connectivity index (χ0v) is 12.1. The molecule has 0 aliphatic carbocycles. The van der Waals surface area contributed by atoms with Gasteiger partial charge in [0.15, 0.2) is 6.10 Å². The van der Waals surface area contributed by atoms with Gasteiger partial charge in [0.25, 0.3) is 5.91 Å². The van der Waals surface area contributed by atoms with E-state index in [1.165, 1.54) is 0 Å². The second-order valence-corrected chi connectivity index (χ2v) is 4.69. The molecule has 1 aromatic rings. The number of carbonyl (C=O) groups is 1. The summed E-state index contributed by atoms with van der Waals surface area (Å²) >= 11 is 0. The van der Waals surface area contributed by atoms with Crippen LogP contribution in [0.1, 0.15) is 33.4 Å². The molecule has 106 valence electrons. The number of pyridine rings is 1. The Kier molecular flexibility index (Phi) is 6.29. The minimum absolute atomic E-state index is 0.110. The number of hydrogen-bond acceptors (Lipinski definition) is 4. The van der Waals surface area contributed by atoms with Crippen molar-refractivity contribution >= 4 is 5.91 Å². The number of aromatic nitrogens is 1. The average Bonchev–Trinajstić information content (AvgIpc) is 2.37. The van der Waals surface area contributed by atoms with E-state index in [1.54, 1.807) is 13.1 Å². The van der Waals surface area contributed by atoms with E-state index >= 15 is 0 Å². The van der Waals surface area contributed by atoms with E-state index in [4.69, 9.17) is 4.74 Å². The molecule has 1 aromatic heterocycles. The maximum Gasteiger partial charge on any atom is 0.260 e. The molecule has 0 aliphatic heterocycles. The van der Waals surface area contributed by atoms with Gasteiger partial charge in [-0.05, 0) is 39.4 Å². The summed E-state index contributed by atoms with van der Waals surface area (Å²) in [5, 5.41) is 6.00. The molecule has 0 aliphatic rings. The van der Waals surface area contributed by atoms with Crippen LogP contribution in [-0.2, 0) is 11.3 Å². The Morgan fingerprint density at radius 3 is 2.63 bits per heavy atom. The lowest BCUT2D eigenvalue weighted by atomic mass is 10.3. The van der Waals surface area contributed by atoms with Crippen LogP contribution in [0.15, 0.2) is 18.3 Å². The van der Waals surface area contributed by atoms with Gasteiger partial charge in [-0.2, -0.15) is 0 Å². The van der Waals surface area contributed by atoms with Gasteiger partial charge in [-0.25, -0.2) is 0 Å². The molecule has 0 fully saturated rings. The lowest BCUT2D eigenvalue weighted by Crippen LogP contribution is -2.40. The van der Waals surface area contributed by atoms with Gasteiger partial charge in [0, 0.05) is 12.6 Å². The zero-order chi connectivity index (χ0) is 14.3. The lowest BCUT2D eigenvalue weighted by Gasteiger charge is -2.16. The molecule has 1 rings (SSSR count). The Morgan fingerprint density at radius 2 is 2.11 bits per heavy atom. The quantitative estimate of drug-likeness (QED) is 0.784. The van der Waals surface area contributed by atoms with Crippen molar-refractivity contribution in [3.63, 3.8) is 0 Å². The molecule has 2 N–H and O–H groups in total. The minimum atomic E-state index is -0.524. The van der Waals surface area contributed by atoms with Crippen LogP contribution in [-0.4, -0.2) is 29.6 Å². The molecule has 1 unspecified atom stereocenters. The maximum absolute atomic E-state index is 11.7. The molecule has 5 heteroatoms. The first-order valence-corrected chi connectivity index (χ1v) is 6.65. The highest BCUT2D eigenvalue weighted by atomic mass is 16.5. The molecule has 0 spiro atoms. The summed E-state index contributed by atoms with van der Waals surface area (Å²) in [7, 11) is 0. The minimum Gasteiger partial charge on any atom is -0.479 e. The van der Waals surface area contributed by atoms with E-state index in [0.29, 0.717) is 5.75 Å². The number of ether oxygens (including phenoxy) is 1. The number of nitrogens with zero attached hydrogens (tertiary/aromatic N) is 1. The van der Waals surface area contributed by atoms with Gasteiger partial charge >= 0.3 is 0 Å². The Hall–Kier alpha value is -1.62. The maximum atomic E-state index is 11.7. The van der Waals surface area contributed by atoms with E-state index in [1.807, 2.05) is 32.9 Å². The number of hydrogen-bond donors (Lipinski definition) is 2. The molecule has 1 amide bonds. The van der Waals surface area contributed by atoms with Crippen molar-refractivity contribution in [1.29, 1.82) is 0 Å². The standard InChI is InChI=1S/C14H23N3O2/c1-5-15-8-12-6-7-13(9-16-12)19-11(4)14(18)17-10(2)3/h6-7,9-11,15H,5,8H2,1-4H3,(H,17,18). The zero-order valence-electron chi connectivity index (χ0n) is 12.1. The summed E-state index contributed by atoms with van der Waals surface area (Å²) in [6.07, 6.45) is 1.12. The van der Waals surface area contributed by atoms with Crippen molar-refractivity contribution in [3.05, 3.63) is 24.0 Å². The van der Waals surface area contributed by atoms with Gasteiger partial charge in [-0.15, -0.1) is 0 Å². The predicted molar refractivity (Wildman–Crippen MR) is 75.0 cm³/mol. The largest absolute Gasteiger partial charge is 0.479 e. The molecule has 1 heterocycles. The Morgan fingerprint density at radius 1 is 1.37 bits per heavy atom. The molecule has 0 saturated carbocycles. The van der Waals surface area contributed by atoms with Crippen molar-refractivity contribution in [2.75, 3.05) is 6.54 Å². The number of carbonyl (C=O) groups excluding carboxylic acids is 1. The van der Waals surface area contributed by atoms with E-state index in [2.05, 4.69) is 15.6 Å². The third kappa shape index (κ3) is 5.70. The average molecular weight is 265 g/mol. The second kappa shape index (κ2) is 7.74. The van der Waals surface area contributed by atoms with E-state index in [-0.39, 0.29) is 11.9 Å². The first-order valence-electron chi connectivity index (χ1n) is 6.65. The molecule has 0 saturated heterocycles. The van der Waals surface area contributed by atoms with Gasteiger partial charge in [0.1, 0.15) is 5.75 Å². The van der Waals surface area contributed by atoms with E-state index in [0.717, 1.165) is 18.8 Å². The van der Waals surface area contributed by atoms with E-state index in [9.17, 15) is 4.79 Å². The highest BCUT2D eigenvalue weighted by molar-refractivity contribution is 5.80. The fourth-order valence-corrected chi connectivity index (χ4v) is 1.50. The highest BCUT2D eigenvalue weighted by Crippen LogP contribution is 2.11. The van der Waals surface area contributed by atoms with Crippen molar-refractivity contribution in [3.8, 4) is 5.75 Å². The monoisotopic (exact) mass is 265 g/mol. The fraction of sp³-hybridized carbons (Fsp3) is 0.571. The van der Waals surface area contributed by atoms with Crippen molar-refractivity contribution < 1.29 is 9.53 Å². The summed E-state index contributed by atoms with van der Waals surface area (Å²) in [5.74, 6) is 0.485. The smallest absolute Gasteiger partial charge is 0.260 e. The van der Waals surface area contributed by atoms with E-state index < -0.39 is 6.10 Å². The molecule has 5 nitrogen and oxygen atoms in total. The molecule has 19 heavy (non-hydrogen) atoms. The Bertz CT molecular complexity index is 390. The Labute approximate surface area is 114 Å². The predicted octanol–water partition coefficient (Wildman–Crippen LogP) is 1.48. The van der Waals surface area contributed by atoms with Crippen LogP contribution in [0, 0.1) is 0 Å². The van der Waals surface area contributed by atoms with Gasteiger partial charge in [-0.1, -0.05) is 6.92 Å². The van der Waals surface area contributed by atoms with Crippen molar-refractivity contribution in [2.45, 2.75) is 46.4 Å². The van der Waals surface area contributed by atoms with Crippen LogP contribution in [0.25, 0.3) is 0 Å². The summed E-state index contributed by atoms with van der Waals surface area (Å²) in [6.45, 7) is 9.26. The first-order chi connectivity index (χ1) is 9.02. The van der Waals surface area contributed by atoms with Crippen LogP contribution in [0.5, 0.6) is 5.75 Å². The van der Waals surface area contributed by atoms with Gasteiger partial charge < -0.3 is 15.4 Å². The second-order valence-electron chi connectivity index (χ2n) is 4.69. The summed E-state index contributed by atoms with van der Waals surface area (Å²) in [6, 6.07) is 3.84.